The zero-order valence-electron chi connectivity index (χ0n) is 15.5. The fraction of sp³-hybridized carbons (Fsp3) is 0.0952. The van der Waals surface area contributed by atoms with Crippen LogP contribution in [0, 0.1) is 0 Å². The van der Waals surface area contributed by atoms with Crippen molar-refractivity contribution in [2.24, 2.45) is 0 Å². The van der Waals surface area contributed by atoms with Crippen LogP contribution in [0.4, 0.5) is 11.4 Å². The second-order valence-corrected chi connectivity index (χ2v) is 8.33. The molecule has 2 heterocycles. The van der Waals surface area contributed by atoms with Gasteiger partial charge in [-0.2, -0.15) is 0 Å². The van der Waals surface area contributed by atoms with Gasteiger partial charge in [-0.3, -0.25) is 4.72 Å². The van der Waals surface area contributed by atoms with E-state index in [4.69, 9.17) is 0 Å². The molecule has 0 fully saturated rings. The average molecular weight is 392 g/mol. The molecule has 6 nitrogen and oxygen atoms in total. The largest absolute Gasteiger partial charge is 0.378 e. The number of nitrogens with zero attached hydrogens (tertiary/aromatic N) is 2. The molecule has 0 spiro atoms. The van der Waals surface area contributed by atoms with Crippen molar-refractivity contribution in [3.8, 4) is 11.1 Å². The fourth-order valence-corrected chi connectivity index (χ4v) is 4.22. The van der Waals surface area contributed by atoms with E-state index >= 15 is 0 Å². The zero-order chi connectivity index (χ0) is 19.7. The van der Waals surface area contributed by atoms with Crippen LogP contribution in [0.3, 0.4) is 0 Å². The molecule has 0 unspecified atom stereocenters. The summed E-state index contributed by atoms with van der Waals surface area (Å²) in [5.41, 5.74) is 4.03. The quantitative estimate of drug-likeness (QED) is 0.536. The summed E-state index contributed by atoms with van der Waals surface area (Å²) in [7, 11) is 0.260. The number of sulfonamides is 1. The molecule has 0 saturated carbocycles. The summed E-state index contributed by atoms with van der Waals surface area (Å²) in [5, 5.41) is 0.734. The molecular weight excluding hydrogens is 372 g/mol. The molecular formula is C21H20N4O2S. The van der Waals surface area contributed by atoms with Crippen LogP contribution in [0.1, 0.15) is 0 Å². The Morgan fingerprint density at radius 3 is 2.54 bits per heavy atom. The summed E-state index contributed by atoms with van der Waals surface area (Å²) >= 11 is 0. The van der Waals surface area contributed by atoms with E-state index in [1.807, 2.05) is 43.4 Å². The Morgan fingerprint density at radius 2 is 1.79 bits per heavy atom. The number of benzene rings is 2. The van der Waals surface area contributed by atoms with Gasteiger partial charge in [0.1, 0.15) is 5.65 Å². The highest BCUT2D eigenvalue weighted by molar-refractivity contribution is 7.92. The lowest BCUT2D eigenvalue weighted by molar-refractivity contribution is 0.601. The molecule has 0 aliphatic carbocycles. The first kappa shape index (κ1) is 18.1. The Kier molecular flexibility index (Phi) is 4.52. The molecule has 0 bridgehead atoms. The van der Waals surface area contributed by atoms with E-state index in [9.17, 15) is 8.42 Å². The molecule has 4 rings (SSSR count). The predicted molar refractivity (Wildman–Crippen MR) is 113 cm³/mol. The molecule has 28 heavy (non-hydrogen) atoms. The number of hydrogen-bond acceptors (Lipinski definition) is 4. The molecule has 0 saturated heterocycles. The van der Waals surface area contributed by atoms with Crippen LogP contribution in [0.25, 0.3) is 22.2 Å². The van der Waals surface area contributed by atoms with E-state index in [1.165, 1.54) is 0 Å². The monoisotopic (exact) mass is 392 g/mol. The Morgan fingerprint density at radius 1 is 1.00 bits per heavy atom. The summed E-state index contributed by atoms with van der Waals surface area (Å²) in [5.74, 6) is 0. The number of pyridine rings is 1. The first-order valence-corrected chi connectivity index (χ1v) is 10.3. The Hall–Kier alpha value is -3.32. The van der Waals surface area contributed by atoms with Crippen molar-refractivity contribution in [1.29, 1.82) is 0 Å². The predicted octanol–water partition coefficient (Wildman–Crippen LogP) is 4.10. The Labute approximate surface area is 163 Å². The summed E-state index contributed by atoms with van der Waals surface area (Å²) in [6, 6.07) is 18.1. The van der Waals surface area contributed by atoms with Gasteiger partial charge >= 0.3 is 0 Å². The van der Waals surface area contributed by atoms with E-state index < -0.39 is 10.0 Å². The summed E-state index contributed by atoms with van der Waals surface area (Å²) in [6.07, 6.45) is 3.44. The third kappa shape index (κ3) is 3.32. The van der Waals surface area contributed by atoms with Gasteiger partial charge in [-0.15, -0.1) is 0 Å². The van der Waals surface area contributed by atoms with E-state index in [-0.39, 0.29) is 4.90 Å². The molecule has 0 aliphatic rings. The number of H-pyrrole nitrogens is 1. The summed E-state index contributed by atoms with van der Waals surface area (Å²) in [6.45, 7) is 0. The van der Waals surface area contributed by atoms with Crippen LogP contribution < -0.4 is 9.62 Å². The second kappa shape index (κ2) is 7.01. The number of nitrogens with one attached hydrogen (secondary N) is 2. The van der Waals surface area contributed by atoms with Gasteiger partial charge in [0.05, 0.1) is 16.0 Å². The van der Waals surface area contributed by atoms with Gasteiger partial charge in [0.2, 0.25) is 0 Å². The summed E-state index contributed by atoms with van der Waals surface area (Å²) < 4.78 is 28.3. The van der Waals surface area contributed by atoms with Gasteiger partial charge in [-0.05, 0) is 35.9 Å². The molecule has 0 amide bonds. The van der Waals surface area contributed by atoms with Crippen LogP contribution in [0.15, 0.2) is 78.0 Å². The van der Waals surface area contributed by atoms with E-state index in [2.05, 4.69) is 20.8 Å². The zero-order valence-corrected chi connectivity index (χ0v) is 16.4. The molecule has 0 aliphatic heterocycles. The van der Waals surface area contributed by atoms with Gasteiger partial charge in [0.15, 0.2) is 0 Å². The number of aromatic nitrogens is 2. The SMILES string of the molecule is CN(C)c1cccc(-c2c[nH]c3nccc(NS(=O)(=O)c4ccccc4)c23)c1. The lowest BCUT2D eigenvalue weighted by Gasteiger charge is -2.14. The van der Waals surface area contributed by atoms with Gasteiger partial charge in [0, 0.05) is 37.7 Å². The third-order valence-corrected chi connectivity index (χ3v) is 5.93. The molecule has 7 heteroatoms. The van der Waals surface area contributed by atoms with E-state index in [0.717, 1.165) is 22.2 Å². The van der Waals surface area contributed by atoms with Crippen LogP contribution in [-0.2, 0) is 10.0 Å². The molecule has 142 valence electrons. The topological polar surface area (TPSA) is 78.1 Å². The number of anilines is 2. The van der Waals surface area contributed by atoms with Crippen molar-refractivity contribution in [3.63, 3.8) is 0 Å². The number of aromatic amines is 1. The van der Waals surface area contributed by atoms with Gasteiger partial charge in [-0.25, -0.2) is 13.4 Å². The second-order valence-electron chi connectivity index (χ2n) is 6.65. The molecule has 0 atom stereocenters. The summed E-state index contributed by atoms with van der Waals surface area (Å²) in [4.78, 5) is 9.73. The maximum Gasteiger partial charge on any atom is 0.261 e. The Balaban J connectivity index is 1.83. The van der Waals surface area contributed by atoms with E-state index in [1.54, 1.807) is 42.6 Å². The minimum Gasteiger partial charge on any atom is -0.378 e. The van der Waals surface area contributed by atoms with Gasteiger partial charge in [-0.1, -0.05) is 30.3 Å². The van der Waals surface area contributed by atoms with Gasteiger partial charge < -0.3 is 9.88 Å². The number of hydrogen-bond donors (Lipinski definition) is 2. The highest BCUT2D eigenvalue weighted by Gasteiger charge is 2.18. The number of fused-ring (bicyclic) bond motifs is 1. The van der Waals surface area contributed by atoms with Crippen LogP contribution in [0.5, 0.6) is 0 Å². The lowest BCUT2D eigenvalue weighted by Crippen LogP contribution is -2.13. The molecule has 0 radical (unpaired) electrons. The van der Waals surface area contributed by atoms with Gasteiger partial charge in [0.25, 0.3) is 10.0 Å². The molecule has 4 aromatic rings. The van der Waals surface area contributed by atoms with Crippen molar-refractivity contribution < 1.29 is 8.42 Å². The molecule has 2 aromatic carbocycles. The van der Waals surface area contributed by atoms with Crippen LogP contribution in [-0.4, -0.2) is 32.5 Å². The van der Waals surface area contributed by atoms with Crippen LogP contribution in [0.2, 0.25) is 0 Å². The first-order valence-electron chi connectivity index (χ1n) is 8.77. The minimum absolute atomic E-state index is 0.214. The van der Waals surface area contributed by atoms with Crippen molar-refractivity contribution in [2.45, 2.75) is 4.90 Å². The van der Waals surface area contributed by atoms with Crippen molar-refractivity contribution in [3.05, 3.63) is 73.1 Å². The first-order chi connectivity index (χ1) is 13.5. The highest BCUT2D eigenvalue weighted by atomic mass is 32.2. The normalized spacial score (nSPS) is 11.5. The maximum absolute atomic E-state index is 12.8. The maximum atomic E-state index is 12.8. The standard InChI is InChI=1S/C21H20N4O2S/c1-25(2)16-8-6-7-15(13-16)18-14-23-21-20(18)19(11-12-22-21)24-28(26,27)17-9-4-3-5-10-17/h3-14H,1-2H3,(H2,22,23,24). The Bertz CT molecular complexity index is 1230. The lowest BCUT2D eigenvalue weighted by atomic mass is 10.0. The third-order valence-electron chi connectivity index (χ3n) is 4.54. The smallest absolute Gasteiger partial charge is 0.261 e. The van der Waals surface area contributed by atoms with Crippen molar-refractivity contribution >= 4 is 32.4 Å². The minimum atomic E-state index is -3.70. The number of rotatable bonds is 5. The van der Waals surface area contributed by atoms with E-state index in [0.29, 0.717) is 11.3 Å². The molecule has 2 aromatic heterocycles. The molecule has 2 N–H and O–H groups in total. The van der Waals surface area contributed by atoms with Crippen LogP contribution >= 0.6 is 0 Å². The van der Waals surface area contributed by atoms with Crippen molar-refractivity contribution in [2.75, 3.05) is 23.7 Å². The average Bonchev–Trinajstić information content (AvgIpc) is 3.14. The van der Waals surface area contributed by atoms with Crippen molar-refractivity contribution in [1.82, 2.24) is 9.97 Å². The fourth-order valence-electron chi connectivity index (χ4n) is 3.12. The highest BCUT2D eigenvalue weighted by Crippen LogP contribution is 2.35.